The van der Waals surface area contributed by atoms with Crippen LogP contribution in [-0.4, -0.2) is 16.8 Å². The first-order valence-corrected chi connectivity index (χ1v) is 7.68. The van der Waals surface area contributed by atoms with Crippen molar-refractivity contribution in [3.8, 4) is 0 Å². The molecule has 1 aromatic carbocycles. The number of benzene rings is 1. The highest BCUT2D eigenvalue weighted by Crippen LogP contribution is 2.44. The lowest BCUT2D eigenvalue weighted by atomic mass is 10.2. The Bertz CT molecular complexity index is 674. The number of nitrogens with zero attached hydrogens (tertiary/aromatic N) is 2. The van der Waals surface area contributed by atoms with Crippen LogP contribution in [0.4, 0.5) is 5.82 Å². The minimum absolute atomic E-state index is 0.0145. The van der Waals surface area contributed by atoms with Crippen LogP contribution in [0.25, 0.3) is 0 Å². The van der Waals surface area contributed by atoms with E-state index in [-0.39, 0.29) is 11.3 Å². The normalized spacial score (nSPS) is 18.9. The van der Waals surface area contributed by atoms with E-state index in [1.807, 2.05) is 6.07 Å². The third kappa shape index (κ3) is 2.41. The van der Waals surface area contributed by atoms with E-state index in [1.54, 1.807) is 30.0 Å². The summed E-state index contributed by atoms with van der Waals surface area (Å²) in [6, 6.07) is 7.01. The SMILES string of the molecule is Cc1cc(N2C(=O)CS[C@@H]2c2ccc(Cl)cc2Cl)no1. The van der Waals surface area contributed by atoms with Crippen LogP contribution in [-0.2, 0) is 4.79 Å². The molecule has 1 atom stereocenters. The number of amides is 1. The Morgan fingerprint density at radius 2 is 2.20 bits per heavy atom. The topological polar surface area (TPSA) is 46.3 Å². The molecule has 1 fully saturated rings. The highest BCUT2D eigenvalue weighted by Gasteiger charge is 2.36. The molecule has 104 valence electrons. The van der Waals surface area contributed by atoms with Crippen molar-refractivity contribution in [3.05, 3.63) is 45.6 Å². The molecule has 0 aliphatic carbocycles. The third-order valence-electron chi connectivity index (χ3n) is 2.96. The van der Waals surface area contributed by atoms with Crippen molar-refractivity contribution in [2.75, 3.05) is 10.7 Å². The predicted molar refractivity (Wildman–Crippen MR) is 80.4 cm³/mol. The highest BCUT2D eigenvalue weighted by molar-refractivity contribution is 8.00. The average molecular weight is 329 g/mol. The molecule has 1 amide bonds. The smallest absolute Gasteiger partial charge is 0.239 e. The van der Waals surface area contributed by atoms with Gasteiger partial charge < -0.3 is 4.52 Å². The minimum atomic E-state index is -0.211. The summed E-state index contributed by atoms with van der Waals surface area (Å²) in [6.07, 6.45) is 0. The van der Waals surface area contributed by atoms with Gasteiger partial charge in [0.05, 0.1) is 5.75 Å². The summed E-state index contributed by atoms with van der Waals surface area (Å²) in [5, 5.41) is 4.81. The summed E-state index contributed by atoms with van der Waals surface area (Å²) in [5.74, 6) is 1.54. The van der Waals surface area contributed by atoms with Crippen molar-refractivity contribution in [3.63, 3.8) is 0 Å². The van der Waals surface area contributed by atoms with Crippen molar-refractivity contribution in [1.29, 1.82) is 0 Å². The number of carbonyl (C=O) groups is 1. The third-order valence-corrected chi connectivity index (χ3v) is 4.72. The molecule has 1 aliphatic rings. The Morgan fingerprint density at radius 3 is 2.85 bits per heavy atom. The Labute approximate surface area is 130 Å². The average Bonchev–Trinajstić information content (AvgIpc) is 2.96. The van der Waals surface area contributed by atoms with Crippen molar-refractivity contribution >= 4 is 46.7 Å². The van der Waals surface area contributed by atoms with Crippen molar-refractivity contribution < 1.29 is 9.32 Å². The van der Waals surface area contributed by atoms with E-state index in [0.717, 1.165) is 5.56 Å². The van der Waals surface area contributed by atoms with Crippen LogP contribution < -0.4 is 4.90 Å². The Balaban J connectivity index is 2.01. The molecule has 0 unspecified atom stereocenters. The number of rotatable bonds is 2. The summed E-state index contributed by atoms with van der Waals surface area (Å²) in [4.78, 5) is 13.7. The lowest BCUT2D eigenvalue weighted by molar-refractivity contribution is -0.115. The number of hydrogen-bond donors (Lipinski definition) is 0. The van der Waals surface area contributed by atoms with Gasteiger partial charge in [-0.15, -0.1) is 11.8 Å². The molecule has 3 rings (SSSR count). The number of aryl methyl sites for hydroxylation is 1. The minimum Gasteiger partial charge on any atom is -0.360 e. The summed E-state index contributed by atoms with van der Waals surface area (Å²) in [6.45, 7) is 1.79. The second-order valence-electron chi connectivity index (χ2n) is 4.39. The molecule has 2 aromatic rings. The summed E-state index contributed by atoms with van der Waals surface area (Å²) in [5.41, 5.74) is 0.840. The van der Waals surface area contributed by atoms with Gasteiger partial charge in [0.1, 0.15) is 11.1 Å². The van der Waals surface area contributed by atoms with Crippen LogP contribution in [0.1, 0.15) is 16.7 Å². The van der Waals surface area contributed by atoms with E-state index >= 15 is 0 Å². The van der Waals surface area contributed by atoms with Gasteiger partial charge in [0.25, 0.3) is 0 Å². The Morgan fingerprint density at radius 1 is 1.40 bits per heavy atom. The highest BCUT2D eigenvalue weighted by atomic mass is 35.5. The predicted octanol–water partition coefficient (Wildman–Crippen LogP) is 4.07. The summed E-state index contributed by atoms with van der Waals surface area (Å²) in [7, 11) is 0. The standard InChI is InChI=1S/C13H10Cl2N2O2S/c1-7-4-11(16-19-7)17-12(18)6-20-13(17)9-3-2-8(14)5-10(9)15/h2-5,13H,6H2,1H3/t13-/m1/s1. The van der Waals surface area contributed by atoms with Gasteiger partial charge in [0.15, 0.2) is 5.82 Å². The second kappa shape index (κ2) is 5.31. The molecule has 1 aromatic heterocycles. The lowest BCUT2D eigenvalue weighted by Crippen LogP contribution is -2.28. The number of halogens is 2. The summed E-state index contributed by atoms with van der Waals surface area (Å²) >= 11 is 13.6. The zero-order valence-corrected chi connectivity index (χ0v) is 12.8. The van der Waals surface area contributed by atoms with Gasteiger partial charge in [-0.25, -0.2) is 0 Å². The van der Waals surface area contributed by atoms with E-state index in [1.165, 1.54) is 11.8 Å². The lowest BCUT2D eigenvalue weighted by Gasteiger charge is -2.22. The maximum atomic E-state index is 12.1. The van der Waals surface area contributed by atoms with Crippen LogP contribution in [0.3, 0.4) is 0 Å². The van der Waals surface area contributed by atoms with Crippen LogP contribution in [0.2, 0.25) is 10.0 Å². The van der Waals surface area contributed by atoms with Crippen LogP contribution in [0, 0.1) is 6.92 Å². The molecular formula is C13H10Cl2N2O2S. The first-order valence-electron chi connectivity index (χ1n) is 5.88. The molecule has 0 saturated carbocycles. The van der Waals surface area contributed by atoms with E-state index in [9.17, 15) is 4.79 Å². The first-order chi connectivity index (χ1) is 9.56. The van der Waals surface area contributed by atoms with E-state index in [4.69, 9.17) is 27.7 Å². The van der Waals surface area contributed by atoms with Crippen molar-refractivity contribution in [2.24, 2.45) is 0 Å². The Hall–Kier alpha value is -1.17. The molecule has 2 heterocycles. The molecule has 1 aliphatic heterocycles. The fraction of sp³-hybridized carbons (Fsp3) is 0.231. The maximum absolute atomic E-state index is 12.1. The zero-order valence-electron chi connectivity index (χ0n) is 10.5. The number of thioether (sulfide) groups is 1. The number of anilines is 1. The van der Waals surface area contributed by atoms with Gasteiger partial charge in [-0.3, -0.25) is 9.69 Å². The molecule has 4 nitrogen and oxygen atoms in total. The quantitative estimate of drug-likeness (QED) is 0.833. The molecule has 20 heavy (non-hydrogen) atoms. The number of aromatic nitrogens is 1. The van der Waals surface area contributed by atoms with E-state index in [0.29, 0.717) is 27.4 Å². The van der Waals surface area contributed by atoms with Crippen molar-refractivity contribution in [2.45, 2.75) is 12.3 Å². The molecule has 0 bridgehead atoms. The molecule has 0 spiro atoms. The molecule has 0 N–H and O–H groups in total. The monoisotopic (exact) mass is 328 g/mol. The van der Waals surface area contributed by atoms with Crippen LogP contribution in [0.5, 0.6) is 0 Å². The van der Waals surface area contributed by atoms with Gasteiger partial charge in [-0.1, -0.05) is 34.4 Å². The fourth-order valence-electron chi connectivity index (χ4n) is 2.07. The molecule has 7 heteroatoms. The van der Waals surface area contributed by atoms with E-state index in [2.05, 4.69) is 5.16 Å². The maximum Gasteiger partial charge on any atom is 0.239 e. The van der Waals surface area contributed by atoms with Gasteiger partial charge in [-0.2, -0.15) is 0 Å². The molecule has 1 saturated heterocycles. The first kappa shape index (κ1) is 13.8. The summed E-state index contributed by atoms with van der Waals surface area (Å²) < 4.78 is 5.05. The number of hydrogen-bond acceptors (Lipinski definition) is 4. The Kier molecular flexibility index (Phi) is 3.67. The molecular weight excluding hydrogens is 319 g/mol. The fourth-order valence-corrected chi connectivity index (χ4v) is 3.85. The van der Waals surface area contributed by atoms with Crippen LogP contribution in [0.15, 0.2) is 28.8 Å². The molecule has 0 radical (unpaired) electrons. The van der Waals surface area contributed by atoms with Gasteiger partial charge in [-0.05, 0) is 19.1 Å². The van der Waals surface area contributed by atoms with Crippen LogP contribution >= 0.6 is 35.0 Å². The van der Waals surface area contributed by atoms with Crippen molar-refractivity contribution in [1.82, 2.24) is 5.16 Å². The largest absolute Gasteiger partial charge is 0.360 e. The van der Waals surface area contributed by atoms with Gasteiger partial charge in [0.2, 0.25) is 5.91 Å². The second-order valence-corrected chi connectivity index (χ2v) is 6.30. The van der Waals surface area contributed by atoms with Gasteiger partial charge in [0, 0.05) is 21.7 Å². The van der Waals surface area contributed by atoms with E-state index < -0.39 is 0 Å². The zero-order chi connectivity index (χ0) is 14.3. The van der Waals surface area contributed by atoms with Gasteiger partial charge >= 0.3 is 0 Å². The number of carbonyl (C=O) groups excluding carboxylic acids is 1.